The molecule has 0 aromatic heterocycles. The molecule has 2 N–H and O–H groups in total. The zero-order chi connectivity index (χ0) is 16.1. The van der Waals surface area contributed by atoms with Gasteiger partial charge < -0.3 is 10.6 Å². The predicted octanol–water partition coefficient (Wildman–Crippen LogP) is 2.61. The Morgan fingerprint density at radius 3 is 2.05 bits per heavy atom. The lowest BCUT2D eigenvalue weighted by Crippen LogP contribution is -2.29. The molecule has 0 bridgehead atoms. The molecular formula is C16H13FN2O3. The Kier molecular flexibility index (Phi) is 4.63. The third-order valence-electron chi connectivity index (χ3n) is 2.88. The zero-order valence-corrected chi connectivity index (χ0v) is 11.7. The van der Waals surface area contributed by atoms with E-state index >= 15 is 0 Å². The second kappa shape index (κ2) is 6.62. The van der Waals surface area contributed by atoms with Crippen molar-refractivity contribution in [2.24, 2.45) is 0 Å². The van der Waals surface area contributed by atoms with E-state index in [2.05, 4.69) is 10.6 Å². The van der Waals surface area contributed by atoms with E-state index in [0.29, 0.717) is 11.3 Å². The SMILES string of the molecule is CC(=O)c1ccc(NC(=O)C(=O)Nc2ccccc2F)cc1. The van der Waals surface area contributed by atoms with E-state index in [-0.39, 0.29) is 11.5 Å². The van der Waals surface area contributed by atoms with Gasteiger partial charge in [-0.1, -0.05) is 12.1 Å². The summed E-state index contributed by atoms with van der Waals surface area (Å²) in [4.78, 5) is 34.6. The van der Waals surface area contributed by atoms with Crippen molar-refractivity contribution >= 4 is 29.0 Å². The number of amides is 2. The molecule has 0 aliphatic rings. The normalized spacial score (nSPS) is 9.91. The Labute approximate surface area is 126 Å². The van der Waals surface area contributed by atoms with Crippen molar-refractivity contribution in [1.82, 2.24) is 0 Å². The number of nitrogens with one attached hydrogen (secondary N) is 2. The van der Waals surface area contributed by atoms with Crippen LogP contribution in [0.4, 0.5) is 15.8 Å². The molecular weight excluding hydrogens is 287 g/mol. The largest absolute Gasteiger partial charge is 0.318 e. The van der Waals surface area contributed by atoms with Gasteiger partial charge in [0.25, 0.3) is 0 Å². The van der Waals surface area contributed by atoms with Crippen LogP contribution >= 0.6 is 0 Å². The maximum Gasteiger partial charge on any atom is 0.314 e. The first kappa shape index (κ1) is 15.4. The van der Waals surface area contributed by atoms with Crippen LogP contribution in [-0.2, 0) is 9.59 Å². The van der Waals surface area contributed by atoms with Crippen LogP contribution in [0.2, 0.25) is 0 Å². The van der Waals surface area contributed by atoms with E-state index in [1.807, 2.05) is 0 Å². The van der Waals surface area contributed by atoms with Crippen LogP contribution < -0.4 is 10.6 Å². The lowest BCUT2D eigenvalue weighted by Gasteiger charge is -2.07. The standard InChI is InChI=1S/C16H13FN2O3/c1-10(20)11-6-8-12(9-7-11)18-15(21)16(22)19-14-5-3-2-4-13(14)17/h2-9H,1H3,(H,18,21)(H,19,22). The molecule has 2 amide bonds. The fourth-order valence-corrected chi connectivity index (χ4v) is 1.72. The molecule has 0 saturated carbocycles. The highest BCUT2D eigenvalue weighted by Gasteiger charge is 2.15. The van der Waals surface area contributed by atoms with Crippen molar-refractivity contribution in [3.63, 3.8) is 0 Å². The van der Waals surface area contributed by atoms with Gasteiger partial charge in [-0.05, 0) is 43.3 Å². The minimum Gasteiger partial charge on any atom is -0.318 e. The molecule has 0 fully saturated rings. The molecule has 0 saturated heterocycles. The number of ketones is 1. The number of carbonyl (C=O) groups is 3. The smallest absolute Gasteiger partial charge is 0.314 e. The summed E-state index contributed by atoms with van der Waals surface area (Å²) >= 11 is 0. The molecule has 0 aliphatic heterocycles. The highest BCUT2D eigenvalue weighted by Crippen LogP contribution is 2.13. The molecule has 5 nitrogen and oxygen atoms in total. The molecule has 0 heterocycles. The van der Waals surface area contributed by atoms with Crippen molar-refractivity contribution in [3.8, 4) is 0 Å². The summed E-state index contributed by atoms with van der Waals surface area (Å²) in [5.41, 5.74) is 0.780. The van der Waals surface area contributed by atoms with Gasteiger partial charge in [0.05, 0.1) is 5.69 Å². The summed E-state index contributed by atoms with van der Waals surface area (Å²) < 4.78 is 13.4. The zero-order valence-electron chi connectivity index (χ0n) is 11.7. The molecule has 0 aliphatic carbocycles. The maximum absolute atomic E-state index is 13.4. The van der Waals surface area contributed by atoms with E-state index in [1.54, 1.807) is 0 Å². The minimum atomic E-state index is -0.985. The summed E-state index contributed by atoms with van der Waals surface area (Å²) in [6.45, 7) is 1.43. The van der Waals surface area contributed by atoms with Crippen LogP contribution in [-0.4, -0.2) is 17.6 Å². The number of carbonyl (C=O) groups excluding carboxylic acids is 3. The summed E-state index contributed by atoms with van der Waals surface area (Å²) in [5, 5.41) is 4.54. The fraction of sp³-hybridized carbons (Fsp3) is 0.0625. The number of benzene rings is 2. The molecule has 6 heteroatoms. The molecule has 0 spiro atoms. The second-order valence-electron chi connectivity index (χ2n) is 4.52. The Hall–Kier alpha value is -3.02. The Balaban J connectivity index is 2.01. The van der Waals surface area contributed by atoms with E-state index in [4.69, 9.17) is 0 Å². The fourth-order valence-electron chi connectivity index (χ4n) is 1.72. The maximum atomic E-state index is 13.4. The summed E-state index contributed by atoms with van der Waals surface area (Å²) in [7, 11) is 0. The molecule has 112 valence electrons. The van der Waals surface area contributed by atoms with Gasteiger partial charge in [0.15, 0.2) is 5.78 Å². The van der Waals surface area contributed by atoms with Crippen molar-refractivity contribution < 1.29 is 18.8 Å². The molecule has 2 rings (SSSR count). The number of halogens is 1. The highest BCUT2D eigenvalue weighted by atomic mass is 19.1. The van der Waals surface area contributed by atoms with Crippen molar-refractivity contribution in [2.45, 2.75) is 6.92 Å². The average Bonchev–Trinajstić information content (AvgIpc) is 2.50. The van der Waals surface area contributed by atoms with Gasteiger partial charge in [-0.2, -0.15) is 0 Å². The topological polar surface area (TPSA) is 75.3 Å². The van der Waals surface area contributed by atoms with Crippen LogP contribution in [0.15, 0.2) is 48.5 Å². The molecule has 2 aromatic carbocycles. The van der Waals surface area contributed by atoms with Gasteiger partial charge in [-0.15, -0.1) is 0 Å². The van der Waals surface area contributed by atoms with E-state index in [9.17, 15) is 18.8 Å². The van der Waals surface area contributed by atoms with Crippen LogP contribution in [0.5, 0.6) is 0 Å². The van der Waals surface area contributed by atoms with Crippen molar-refractivity contribution in [2.75, 3.05) is 10.6 Å². The Morgan fingerprint density at radius 2 is 1.45 bits per heavy atom. The first-order chi connectivity index (χ1) is 10.5. The van der Waals surface area contributed by atoms with E-state index in [0.717, 1.165) is 0 Å². The van der Waals surface area contributed by atoms with E-state index < -0.39 is 17.6 Å². The number of hydrogen-bond acceptors (Lipinski definition) is 3. The molecule has 0 radical (unpaired) electrons. The van der Waals surface area contributed by atoms with Gasteiger partial charge in [-0.3, -0.25) is 14.4 Å². The average molecular weight is 300 g/mol. The number of para-hydroxylation sites is 1. The number of rotatable bonds is 3. The second-order valence-corrected chi connectivity index (χ2v) is 4.52. The van der Waals surface area contributed by atoms with Crippen LogP contribution in [0.3, 0.4) is 0 Å². The summed E-state index contributed by atoms with van der Waals surface area (Å²) in [6.07, 6.45) is 0. The van der Waals surface area contributed by atoms with Gasteiger partial charge in [-0.25, -0.2) is 4.39 Å². The third kappa shape index (κ3) is 3.76. The Morgan fingerprint density at radius 1 is 0.864 bits per heavy atom. The van der Waals surface area contributed by atoms with Crippen molar-refractivity contribution in [3.05, 3.63) is 59.9 Å². The quantitative estimate of drug-likeness (QED) is 0.676. The summed E-state index contributed by atoms with van der Waals surface area (Å²) in [6, 6.07) is 11.6. The lowest BCUT2D eigenvalue weighted by molar-refractivity contribution is -0.133. The van der Waals surface area contributed by atoms with Gasteiger partial charge >= 0.3 is 11.8 Å². The summed E-state index contributed by atoms with van der Waals surface area (Å²) in [5.74, 6) is -2.65. The van der Waals surface area contributed by atoms with Crippen LogP contribution in [0.25, 0.3) is 0 Å². The number of anilines is 2. The van der Waals surface area contributed by atoms with Crippen LogP contribution in [0, 0.1) is 5.82 Å². The minimum absolute atomic E-state index is 0.0745. The lowest BCUT2D eigenvalue weighted by atomic mass is 10.1. The molecule has 0 unspecified atom stereocenters. The molecule has 2 aromatic rings. The molecule has 22 heavy (non-hydrogen) atoms. The first-order valence-corrected chi connectivity index (χ1v) is 6.45. The Bertz CT molecular complexity index is 726. The first-order valence-electron chi connectivity index (χ1n) is 6.45. The van der Waals surface area contributed by atoms with E-state index in [1.165, 1.54) is 55.5 Å². The van der Waals surface area contributed by atoms with Gasteiger partial charge in [0.2, 0.25) is 0 Å². The predicted molar refractivity (Wildman–Crippen MR) is 80.1 cm³/mol. The highest BCUT2D eigenvalue weighted by molar-refractivity contribution is 6.43. The third-order valence-corrected chi connectivity index (χ3v) is 2.88. The molecule has 0 atom stereocenters. The number of hydrogen-bond donors (Lipinski definition) is 2. The monoisotopic (exact) mass is 300 g/mol. The van der Waals surface area contributed by atoms with Gasteiger partial charge in [0.1, 0.15) is 5.82 Å². The van der Waals surface area contributed by atoms with Crippen molar-refractivity contribution in [1.29, 1.82) is 0 Å². The number of Topliss-reactive ketones (excluding diaryl/α,β-unsaturated/α-hetero) is 1. The van der Waals surface area contributed by atoms with Gasteiger partial charge in [0, 0.05) is 11.3 Å². The van der Waals surface area contributed by atoms with Crippen LogP contribution in [0.1, 0.15) is 17.3 Å².